The highest BCUT2D eigenvalue weighted by atomic mass is 19.4. The standard InChI is InChI=1S/C3H6F3N3O/c4-3(5,6)1-8-9-2(7)10/h8H,1H2,(H3,7,9,10). The molecule has 0 saturated carbocycles. The average Bonchev–Trinajstić information content (AvgIpc) is 1.59. The zero-order valence-electron chi connectivity index (χ0n) is 4.83. The van der Waals surface area contributed by atoms with Crippen LogP contribution in [0.5, 0.6) is 0 Å². The molecule has 0 aromatic carbocycles. The van der Waals surface area contributed by atoms with Crippen LogP contribution < -0.4 is 16.6 Å². The van der Waals surface area contributed by atoms with E-state index >= 15 is 0 Å². The third kappa shape index (κ3) is 7.02. The Kier molecular flexibility index (Phi) is 2.94. The van der Waals surface area contributed by atoms with Gasteiger partial charge in [-0.15, -0.1) is 0 Å². The summed E-state index contributed by atoms with van der Waals surface area (Å²) in [4.78, 5) is 9.77. The topological polar surface area (TPSA) is 67.2 Å². The van der Waals surface area contributed by atoms with Crippen molar-refractivity contribution in [2.45, 2.75) is 6.18 Å². The minimum absolute atomic E-state index is 1.05. The van der Waals surface area contributed by atoms with Gasteiger partial charge in [-0.25, -0.2) is 10.2 Å². The van der Waals surface area contributed by atoms with E-state index in [4.69, 9.17) is 0 Å². The summed E-state index contributed by atoms with van der Waals surface area (Å²) in [5, 5.41) is 0. The number of carbonyl (C=O) groups is 1. The Balaban J connectivity index is 3.29. The summed E-state index contributed by atoms with van der Waals surface area (Å²) in [6, 6.07) is -1.05. The van der Waals surface area contributed by atoms with Gasteiger partial charge in [0.15, 0.2) is 0 Å². The maximum Gasteiger partial charge on any atom is 0.402 e. The van der Waals surface area contributed by atoms with Crippen molar-refractivity contribution in [1.29, 1.82) is 0 Å². The van der Waals surface area contributed by atoms with E-state index in [-0.39, 0.29) is 0 Å². The molecule has 4 nitrogen and oxygen atoms in total. The summed E-state index contributed by atoms with van der Waals surface area (Å²) in [6.45, 7) is -1.30. The lowest BCUT2D eigenvalue weighted by atomic mass is 10.7. The monoisotopic (exact) mass is 157 g/mol. The molecule has 0 radical (unpaired) electrons. The summed E-state index contributed by atoms with van der Waals surface area (Å²) >= 11 is 0. The second kappa shape index (κ2) is 3.25. The van der Waals surface area contributed by atoms with Gasteiger partial charge in [-0.2, -0.15) is 13.2 Å². The quantitative estimate of drug-likeness (QED) is 0.482. The van der Waals surface area contributed by atoms with Crippen LogP contribution in [-0.2, 0) is 0 Å². The van der Waals surface area contributed by atoms with Gasteiger partial charge < -0.3 is 5.73 Å². The van der Waals surface area contributed by atoms with E-state index in [2.05, 4.69) is 5.73 Å². The SMILES string of the molecule is NC(=O)NNCC(F)(F)F. The molecular formula is C3H6F3N3O. The van der Waals surface area contributed by atoms with Gasteiger partial charge in [-0.1, -0.05) is 0 Å². The lowest BCUT2D eigenvalue weighted by Crippen LogP contribution is -2.45. The summed E-state index contributed by atoms with van der Waals surface area (Å²) in [5.41, 5.74) is 7.59. The van der Waals surface area contributed by atoms with Gasteiger partial charge in [0.25, 0.3) is 0 Å². The van der Waals surface area contributed by atoms with Crippen molar-refractivity contribution in [3.8, 4) is 0 Å². The third-order valence-electron chi connectivity index (χ3n) is 0.500. The molecule has 0 aromatic rings. The van der Waals surface area contributed by atoms with E-state index in [0.29, 0.717) is 0 Å². The summed E-state index contributed by atoms with van der Waals surface area (Å²) in [5.74, 6) is 0. The molecule has 0 spiro atoms. The Bertz CT molecular complexity index is 123. The van der Waals surface area contributed by atoms with Crippen LogP contribution in [0.4, 0.5) is 18.0 Å². The van der Waals surface area contributed by atoms with Crippen molar-refractivity contribution in [1.82, 2.24) is 10.9 Å². The smallest absolute Gasteiger partial charge is 0.351 e. The molecule has 2 amide bonds. The lowest BCUT2D eigenvalue weighted by molar-refractivity contribution is -0.125. The molecule has 0 heterocycles. The molecule has 10 heavy (non-hydrogen) atoms. The maximum absolute atomic E-state index is 11.3. The number of primary amides is 1. The fourth-order valence-electron chi connectivity index (χ4n) is 0.232. The number of halogens is 3. The number of hydrazine groups is 1. The number of alkyl halides is 3. The first-order valence-electron chi connectivity index (χ1n) is 2.27. The molecule has 0 saturated heterocycles. The van der Waals surface area contributed by atoms with Crippen molar-refractivity contribution in [2.24, 2.45) is 5.73 Å². The summed E-state index contributed by atoms with van der Waals surface area (Å²) < 4.78 is 33.8. The average molecular weight is 157 g/mol. The molecule has 0 fully saturated rings. The minimum atomic E-state index is -4.34. The molecular weight excluding hydrogens is 151 g/mol. The predicted octanol–water partition coefficient (Wildman–Crippen LogP) is -0.278. The highest BCUT2D eigenvalue weighted by Crippen LogP contribution is 2.11. The Morgan fingerprint density at radius 1 is 1.50 bits per heavy atom. The molecule has 0 aliphatic carbocycles. The van der Waals surface area contributed by atoms with Crippen LogP contribution in [0.1, 0.15) is 0 Å². The number of carbonyl (C=O) groups excluding carboxylic acids is 1. The zero-order chi connectivity index (χ0) is 8.20. The first-order chi connectivity index (χ1) is 4.42. The van der Waals surface area contributed by atoms with Gasteiger partial charge in [0.2, 0.25) is 0 Å². The molecule has 0 aromatic heterocycles. The van der Waals surface area contributed by atoms with E-state index in [1.165, 1.54) is 0 Å². The van der Waals surface area contributed by atoms with Crippen LogP contribution in [-0.4, -0.2) is 18.8 Å². The van der Waals surface area contributed by atoms with E-state index in [0.717, 1.165) is 0 Å². The molecule has 0 bridgehead atoms. The molecule has 0 aliphatic heterocycles. The van der Waals surface area contributed by atoms with Crippen molar-refractivity contribution in [3.63, 3.8) is 0 Å². The molecule has 0 unspecified atom stereocenters. The molecule has 60 valence electrons. The first kappa shape index (κ1) is 9.02. The van der Waals surface area contributed by atoms with Gasteiger partial charge in [-0.3, -0.25) is 5.43 Å². The van der Waals surface area contributed by atoms with Crippen LogP contribution >= 0.6 is 0 Å². The largest absolute Gasteiger partial charge is 0.402 e. The second-order valence-electron chi connectivity index (χ2n) is 1.46. The number of nitrogens with one attached hydrogen (secondary N) is 2. The number of hydrogen-bond acceptors (Lipinski definition) is 2. The lowest BCUT2D eigenvalue weighted by Gasteiger charge is -2.06. The van der Waals surface area contributed by atoms with Crippen LogP contribution in [0.15, 0.2) is 0 Å². The molecule has 4 N–H and O–H groups in total. The maximum atomic E-state index is 11.3. The van der Waals surface area contributed by atoms with Gasteiger partial charge in [0, 0.05) is 0 Å². The first-order valence-corrected chi connectivity index (χ1v) is 2.27. The van der Waals surface area contributed by atoms with Crippen LogP contribution in [0.25, 0.3) is 0 Å². The van der Waals surface area contributed by atoms with Gasteiger partial charge in [0.1, 0.15) is 6.54 Å². The van der Waals surface area contributed by atoms with Crippen LogP contribution in [0, 0.1) is 0 Å². The zero-order valence-corrected chi connectivity index (χ0v) is 4.83. The number of nitrogens with two attached hydrogens (primary N) is 1. The molecule has 0 rings (SSSR count). The van der Waals surface area contributed by atoms with Crippen LogP contribution in [0.2, 0.25) is 0 Å². The summed E-state index contributed by atoms with van der Waals surface area (Å²) in [6.07, 6.45) is -4.34. The van der Waals surface area contributed by atoms with E-state index in [1.807, 2.05) is 0 Å². The van der Waals surface area contributed by atoms with Crippen molar-refractivity contribution in [3.05, 3.63) is 0 Å². The van der Waals surface area contributed by atoms with Crippen molar-refractivity contribution < 1.29 is 18.0 Å². The minimum Gasteiger partial charge on any atom is -0.351 e. The fourth-order valence-corrected chi connectivity index (χ4v) is 0.232. The van der Waals surface area contributed by atoms with E-state index < -0.39 is 18.8 Å². The summed E-state index contributed by atoms with van der Waals surface area (Å²) in [7, 11) is 0. The Labute approximate surface area is 54.5 Å². The highest BCUT2D eigenvalue weighted by molar-refractivity contribution is 5.70. The van der Waals surface area contributed by atoms with Crippen molar-refractivity contribution in [2.75, 3.05) is 6.54 Å². The number of amides is 2. The number of urea groups is 1. The fraction of sp³-hybridized carbons (Fsp3) is 0.667. The normalized spacial score (nSPS) is 11.1. The number of rotatable bonds is 2. The van der Waals surface area contributed by atoms with E-state index in [1.54, 1.807) is 10.9 Å². The Morgan fingerprint density at radius 2 is 2.00 bits per heavy atom. The molecule has 7 heteroatoms. The van der Waals surface area contributed by atoms with E-state index in [9.17, 15) is 18.0 Å². The number of hydrogen-bond donors (Lipinski definition) is 3. The van der Waals surface area contributed by atoms with Crippen LogP contribution in [0.3, 0.4) is 0 Å². The highest BCUT2D eigenvalue weighted by Gasteiger charge is 2.26. The van der Waals surface area contributed by atoms with Crippen molar-refractivity contribution >= 4 is 6.03 Å². The Morgan fingerprint density at radius 3 is 2.30 bits per heavy atom. The van der Waals surface area contributed by atoms with Gasteiger partial charge in [-0.05, 0) is 0 Å². The molecule has 0 aliphatic rings. The van der Waals surface area contributed by atoms with Gasteiger partial charge in [0.05, 0.1) is 0 Å². The predicted molar refractivity (Wildman–Crippen MR) is 26.8 cm³/mol. The Hall–Kier alpha value is -0.980. The molecule has 0 atom stereocenters. The van der Waals surface area contributed by atoms with Gasteiger partial charge >= 0.3 is 12.2 Å². The second-order valence-corrected chi connectivity index (χ2v) is 1.46. The third-order valence-corrected chi connectivity index (χ3v) is 0.500.